The summed E-state index contributed by atoms with van der Waals surface area (Å²) in [6, 6.07) is -0.973. The Morgan fingerprint density at radius 3 is 2.83 bits per heavy atom. The molecule has 1 rings (SSSR count). The zero-order chi connectivity index (χ0) is 9.14. The number of hydrogen-bond donors (Lipinski definition) is 1. The maximum absolute atomic E-state index is 10.5. The summed E-state index contributed by atoms with van der Waals surface area (Å²) in [7, 11) is 0. The first-order chi connectivity index (χ1) is 5.63. The molecule has 0 radical (unpaired) electrons. The van der Waals surface area contributed by atoms with Crippen molar-refractivity contribution in [2.75, 3.05) is 18.1 Å². The fourth-order valence-electron chi connectivity index (χ4n) is 0.989. The summed E-state index contributed by atoms with van der Waals surface area (Å²) < 4.78 is 0. The van der Waals surface area contributed by atoms with Crippen LogP contribution in [0, 0.1) is 10.1 Å². The van der Waals surface area contributed by atoms with Crippen LogP contribution < -0.4 is 0 Å². The summed E-state index contributed by atoms with van der Waals surface area (Å²) >= 11 is 1.43. The first kappa shape index (κ1) is 9.11. The van der Waals surface area contributed by atoms with Crippen LogP contribution >= 0.6 is 11.8 Å². The highest BCUT2D eigenvalue weighted by Gasteiger charge is 2.35. The van der Waals surface area contributed by atoms with E-state index in [1.165, 1.54) is 11.8 Å². The summed E-state index contributed by atoms with van der Waals surface area (Å²) in [6.07, 6.45) is 0. The average Bonchev–Trinajstić information content (AvgIpc) is 2.04. The summed E-state index contributed by atoms with van der Waals surface area (Å²) in [6.45, 7) is 0.203. The standard InChI is InChI=1S/C5H8N2O4S/c8-5(9)4-3-12-2-1-6(4)7(10)11/h4H,1-3H2,(H,8,9). The normalized spacial score (nSPS) is 23.7. The van der Waals surface area contributed by atoms with Gasteiger partial charge in [0.05, 0.1) is 6.54 Å². The van der Waals surface area contributed by atoms with Gasteiger partial charge in [0.25, 0.3) is 0 Å². The highest BCUT2D eigenvalue weighted by molar-refractivity contribution is 7.99. The van der Waals surface area contributed by atoms with Gasteiger partial charge in [0.15, 0.2) is 11.1 Å². The maximum atomic E-state index is 10.5. The van der Waals surface area contributed by atoms with Gasteiger partial charge < -0.3 is 5.11 Å². The Labute approximate surface area is 72.7 Å². The van der Waals surface area contributed by atoms with Gasteiger partial charge in [-0.1, -0.05) is 0 Å². The minimum Gasteiger partial charge on any atom is -0.480 e. The summed E-state index contributed by atoms with van der Waals surface area (Å²) in [5.74, 6) is -0.222. The van der Waals surface area contributed by atoms with Crippen LogP contribution in [-0.2, 0) is 4.79 Å². The molecule has 1 unspecified atom stereocenters. The third kappa shape index (κ3) is 1.79. The Kier molecular flexibility index (Phi) is 2.74. The zero-order valence-corrected chi connectivity index (χ0v) is 6.99. The van der Waals surface area contributed by atoms with Crippen molar-refractivity contribution in [1.29, 1.82) is 0 Å². The Morgan fingerprint density at radius 1 is 1.75 bits per heavy atom. The Hall–Kier alpha value is -0.980. The molecule has 68 valence electrons. The topological polar surface area (TPSA) is 83.7 Å². The number of nitro groups is 1. The number of carboxylic acids is 1. The molecule has 1 N–H and O–H groups in total. The predicted octanol–water partition coefficient (Wildman–Crippen LogP) is -0.320. The lowest BCUT2D eigenvalue weighted by molar-refractivity contribution is -0.660. The lowest BCUT2D eigenvalue weighted by atomic mass is 10.3. The van der Waals surface area contributed by atoms with Crippen LogP contribution in [0.1, 0.15) is 0 Å². The molecule has 1 fully saturated rings. The number of aliphatic carboxylic acids is 1. The summed E-state index contributed by atoms with van der Waals surface area (Å²) in [4.78, 5) is 20.8. The van der Waals surface area contributed by atoms with Gasteiger partial charge in [-0.15, -0.1) is 5.01 Å². The van der Waals surface area contributed by atoms with Crippen molar-refractivity contribution in [3.05, 3.63) is 10.1 Å². The number of nitrogens with zero attached hydrogens (tertiary/aromatic N) is 2. The summed E-state index contributed by atoms with van der Waals surface area (Å²) in [5.41, 5.74) is 0. The molecule has 1 heterocycles. The van der Waals surface area contributed by atoms with Crippen molar-refractivity contribution in [3.63, 3.8) is 0 Å². The molecule has 1 aliphatic rings. The van der Waals surface area contributed by atoms with E-state index in [1.807, 2.05) is 0 Å². The van der Waals surface area contributed by atoms with Gasteiger partial charge in [-0.25, -0.2) is 14.9 Å². The van der Waals surface area contributed by atoms with Gasteiger partial charge in [0.1, 0.15) is 0 Å². The fourth-order valence-corrected chi connectivity index (χ4v) is 2.01. The highest BCUT2D eigenvalue weighted by Crippen LogP contribution is 2.16. The smallest absolute Gasteiger partial charge is 0.333 e. The molecule has 1 saturated heterocycles. The molecular formula is C5H8N2O4S. The molecule has 0 aromatic carbocycles. The van der Waals surface area contributed by atoms with E-state index in [2.05, 4.69) is 0 Å². The van der Waals surface area contributed by atoms with Gasteiger partial charge in [-0.05, 0) is 0 Å². The first-order valence-electron chi connectivity index (χ1n) is 3.34. The molecule has 1 aliphatic heterocycles. The van der Waals surface area contributed by atoms with Crippen LogP contribution in [0.3, 0.4) is 0 Å². The van der Waals surface area contributed by atoms with Gasteiger partial charge in [-0.3, -0.25) is 0 Å². The maximum Gasteiger partial charge on any atom is 0.333 e. The lowest BCUT2D eigenvalue weighted by Gasteiger charge is -2.24. The second-order valence-electron chi connectivity index (χ2n) is 2.33. The first-order valence-corrected chi connectivity index (χ1v) is 4.50. The number of carboxylic acid groups (broad SMARTS) is 1. The van der Waals surface area contributed by atoms with Crippen molar-refractivity contribution in [2.24, 2.45) is 0 Å². The molecule has 1 atom stereocenters. The molecule has 0 bridgehead atoms. The van der Waals surface area contributed by atoms with E-state index in [9.17, 15) is 14.9 Å². The highest BCUT2D eigenvalue weighted by atomic mass is 32.2. The van der Waals surface area contributed by atoms with Crippen LogP contribution in [0.25, 0.3) is 0 Å². The Balaban J connectivity index is 2.67. The summed E-state index contributed by atoms with van der Waals surface area (Å²) in [5, 5.41) is 19.1. The molecule has 0 amide bonds. The lowest BCUT2D eigenvalue weighted by Crippen LogP contribution is -2.50. The minimum atomic E-state index is -1.13. The molecule has 0 spiro atoms. The second kappa shape index (κ2) is 3.61. The van der Waals surface area contributed by atoms with E-state index in [-0.39, 0.29) is 12.3 Å². The van der Waals surface area contributed by atoms with Gasteiger partial charge in [0, 0.05) is 11.5 Å². The van der Waals surface area contributed by atoms with Crippen molar-refractivity contribution < 1.29 is 14.9 Å². The number of hydrazine groups is 1. The molecule has 7 heteroatoms. The van der Waals surface area contributed by atoms with Gasteiger partial charge in [-0.2, -0.15) is 11.8 Å². The zero-order valence-electron chi connectivity index (χ0n) is 6.17. The van der Waals surface area contributed by atoms with Crippen LogP contribution in [0.4, 0.5) is 0 Å². The van der Waals surface area contributed by atoms with Gasteiger partial charge in [0.2, 0.25) is 0 Å². The van der Waals surface area contributed by atoms with E-state index < -0.39 is 17.0 Å². The molecule has 0 aliphatic carbocycles. The number of carbonyl (C=O) groups is 1. The number of rotatable bonds is 2. The van der Waals surface area contributed by atoms with Crippen LogP contribution in [0.15, 0.2) is 0 Å². The third-order valence-electron chi connectivity index (χ3n) is 1.60. The van der Waals surface area contributed by atoms with Crippen LogP contribution in [0.5, 0.6) is 0 Å². The number of hydrogen-bond acceptors (Lipinski definition) is 4. The molecule has 0 aromatic rings. The van der Waals surface area contributed by atoms with E-state index in [0.29, 0.717) is 5.75 Å². The minimum absolute atomic E-state index is 0.203. The van der Waals surface area contributed by atoms with E-state index in [1.54, 1.807) is 0 Å². The fraction of sp³-hybridized carbons (Fsp3) is 0.800. The van der Waals surface area contributed by atoms with E-state index in [4.69, 9.17) is 5.11 Å². The Morgan fingerprint density at radius 2 is 2.42 bits per heavy atom. The molecule has 0 saturated carbocycles. The monoisotopic (exact) mass is 192 g/mol. The predicted molar refractivity (Wildman–Crippen MR) is 42.4 cm³/mol. The molecular weight excluding hydrogens is 184 g/mol. The molecule has 0 aromatic heterocycles. The van der Waals surface area contributed by atoms with Crippen LogP contribution in [0.2, 0.25) is 0 Å². The average molecular weight is 192 g/mol. The SMILES string of the molecule is O=C(O)C1CSCCN1[N+](=O)[O-]. The Bertz CT molecular complexity index is 188. The molecule has 12 heavy (non-hydrogen) atoms. The van der Waals surface area contributed by atoms with Crippen molar-refractivity contribution in [3.8, 4) is 0 Å². The number of thioether (sulfide) groups is 1. The third-order valence-corrected chi connectivity index (χ3v) is 2.62. The van der Waals surface area contributed by atoms with E-state index in [0.717, 1.165) is 5.01 Å². The van der Waals surface area contributed by atoms with Crippen molar-refractivity contribution >= 4 is 17.7 Å². The quantitative estimate of drug-likeness (QED) is 0.477. The van der Waals surface area contributed by atoms with Crippen LogP contribution in [-0.4, -0.2) is 45.2 Å². The molecule has 6 nitrogen and oxygen atoms in total. The second-order valence-corrected chi connectivity index (χ2v) is 3.48. The van der Waals surface area contributed by atoms with Crippen molar-refractivity contribution in [2.45, 2.75) is 6.04 Å². The van der Waals surface area contributed by atoms with Gasteiger partial charge >= 0.3 is 5.97 Å². The van der Waals surface area contributed by atoms with E-state index >= 15 is 0 Å². The van der Waals surface area contributed by atoms with Crippen molar-refractivity contribution in [1.82, 2.24) is 5.01 Å². The largest absolute Gasteiger partial charge is 0.480 e.